The minimum atomic E-state index is 0.243. The van der Waals surface area contributed by atoms with Crippen LogP contribution in [0.1, 0.15) is 5.56 Å². The second kappa shape index (κ2) is 7.29. The van der Waals surface area contributed by atoms with Crippen molar-refractivity contribution in [3.05, 3.63) is 72.6 Å². The predicted octanol–water partition coefficient (Wildman–Crippen LogP) is 4.90. The molecule has 0 aliphatic carbocycles. The maximum atomic E-state index is 9.97. The highest BCUT2D eigenvalue weighted by Gasteiger charge is 2.13. The normalized spacial score (nSPS) is 10.8. The Morgan fingerprint density at radius 1 is 1.11 bits per heavy atom. The SMILES string of the molecule is CSc1cc(-c2cc(N(C)n3cnc4ccccc43)ccc2C#N)ccc1O. The molecular formula is C22H18N4OS. The van der Waals surface area contributed by atoms with Crippen molar-refractivity contribution in [3.63, 3.8) is 0 Å². The average molecular weight is 386 g/mol. The van der Waals surface area contributed by atoms with Crippen LogP contribution in [0, 0.1) is 11.3 Å². The van der Waals surface area contributed by atoms with Crippen LogP contribution in [0.4, 0.5) is 5.69 Å². The van der Waals surface area contributed by atoms with E-state index in [1.807, 2.05) is 77.6 Å². The van der Waals surface area contributed by atoms with E-state index in [1.54, 1.807) is 12.4 Å². The van der Waals surface area contributed by atoms with Gasteiger partial charge in [-0.05, 0) is 54.3 Å². The van der Waals surface area contributed by atoms with E-state index in [1.165, 1.54) is 11.8 Å². The van der Waals surface area contributed by atoms with Crippen LogP contribution in [0.15, 0.2) is 71.9 Å². The summed E-state index contributed by atoms with van der Waals surface area (Å²) >= 11 is 1.47. The first-order valence-electron chi connectivity index (χ1n) is 8.70. The Hall–Kier alpha value is -3.43. The molecule has 0 aliphatic rings. The molecule has 5 nitrogen and oxygen atoms in total. The zero-order chi connectivity index (χ0) is 19.7. The Morgan fingerprint density at radius 2 is 1.93 bits per heavy atom. The number of nitriles is 1. The minimum Gasteiger partial charge on any atom is -0.507 e. The number of phenolic OH excluding ortho intramolecular Hbond substituents is 1. The summed E-state index contributed by atoms with van der Waals surface area (Å²) in [4.78, 5) is 5.23. The summed E-state index contributed by atoms with van der Waals surface area (Å²) in [5.41, 5.74) is 5.16. The van der Waals surface area contributed by atoms with E-state index in [4.69, 9.17) is 0 Å². The van der Waals surface area contributed by atoms with E-state index in [2.05, 4.69) is 11.1 Å². The van der Waals surface area contributed by atoms with Crippen molar-refractivity contribution >= 4 is 28.5 Å². The van der Waals surface area contributed by atoms with E-state index in [9.17, 15) is 10.4 Å². The number of imidazole rings is 1. The highest BCUT2D eigenvalue weighted by Crippen LogP contribution is 2.34. The first-order chi connectivity index (χ1) is 13.6. The molecule has 4 rings (SSSR count). The molecule has 0 atom stereocenters. The number of thioether (sulfide) groups is 1. The Bertz CT molecular complexity index is 1210. The molecule has 0 aliphatic heterocycles. The van der Waals surface area contributed by atoms with Crippen LogP contribution in [0.25, 0.3) is 22.2 Å². The quantitative estimate of drug-likeness (QED) is 0.505. The minimum absolute atomic E-state index is 0.243. The van der Waals surface area contributed by atoms with Gasteiger partial charge in [0.1, 0.15) is 12.1 Å². The van der Waals surface area contributed by atoms with Gasteiger partial charge in [0.25, 0.3) is 0 Å². The van der Waals surface area contributed by atoms with Gasteiger partial charge in [-0.15, -0.1) is 11.8 Å². The van der Waals surface area contributed by atoms with Crippen molar-refractivity contribution < 1.29 is 5.11 Å². The molecule has 3 aromatic carbocycles. The highest BCUT2D eigenvalue weighted by molar-refractivity contribution is 7.98. The van der Waals surface area contributed by atoms with Crippen LogP contribution in [0.5, 0.6) is 5.75 Å². The summed E-state index contributed by atoms with van der Waals surface area (Å²) in [6.45, 7) is 0. The number of aromatic nitrogens is 2. The number of aromatic hydroxyl groups is 1. The number of rotatable bonds is 4. The van der Waals surface area contributed by atoms with Gasteiger partial charge in [0.05, 0.1) is 28.4 Å². The standard InChI is InChI=1S/C22H18N4OS/c1-25(26-14-24-19-5-3-4-6-20(19)26)17-9-7-16(13-23)18(12-17)15-8-10-21(27)22(11-15)28-2/h3-12,14,27H,1-2H3. The van der Waals surface area contributed by atoms with E-state index in [0.29, 0.717) is 5.56 Å². The van der Waals surface area contributed by atoms with Gasteiger partial charge in [-0.1, -0.05) is 18.2 Å². The molecule has 6 heteroatoms. The molecule has 0 fully saturated rings. The largest absolute Gasteiger partial charge is 0.507 e. The fraction of sp³-hybridized carbons (Fsp3) is 0.0909. The van der Waals surface area contributed by atoms with Crippen molar-refractivity contribution in [2.45, 2.75) is 4.90 Å². The first kappa shape index (κ1) is 18.0. The van der Waals surface area contributed by atoms with Crippen LogP contribution >= 0.6 is 11.8 Å². The Kier molecular flexibility index (Phi) is 4.68. The molecule has 0 saturated heterocycles. The van der Waals surface area contributed by atoms with Crippen molar-refractivity contribution in [1.29, 1.82) is 5.26 Å². The summed E-state index contributed by atoms with van der Waals surface area (Å²) in [7, 11) is 1.96. The monoisotopic (exact) mass is 386 g/mol. The van der Waals surface area contributed by atoms with E-state index < -0.39 is 0 Å². The molecule has 0 unspecified atom stereocenters. The number of nitrogens with zero attached hydrogens (tertiary/aromatic N) is 4. The molecule has 0 amide bonds. The summed E-state index contributed by atoms with van der Waals surface area (Å²) < 4.78 is 1.98. The summed E-state index contributed by atoms with van der Waals surface area (Å²) in [6.07, 6.45) is 3.70. The molecule has 0 radical (unpaired) electrons. The maximum Gasteiger partial charge on any atom is 0.129 e. The number of phenols is 1. The van der Waals surface area contributed by atoms with Crippen LogP contribution < -0.4 is 5.01 Å². The van der Waals surface area contributed by atoms with E-state index in [-0.39, 0.29) is 5.75 Å². The second-order valence-electron chi connectivity index (χ2n) is 6.33. The maximum absolute atomic E-state index is 9.97. The molecule has 138 valence electrons. The zero-order valence-corrected chi connectivity index (χ0v) is 16.3. The number of benzene rings is 3. The molecule has 4 aromatic rings. The molecule has 1 aromatic heterocycles. The van der Waals surface area contributed by atoms with Crippen molar-refractivity contribution in [1.82, 2.24) is 9.66 Å². The van der Waals surface area contributed by atoms with Crippen LogP contribution in [-0.2, 0) is 0 Å². The average Bonchev–Trinajstić information content (AvgIpc) is 3.17. The smallest absolute Gasteiger partial charge is 0.129 e. The van der Waals surface area contributed by atoms with Crippen molar-refractivity contribution in [2.75, 3.05) is 18.3 Å². The summed E-state index contributed by atoms with van der Waals surface area (Å²) in [5, 5.41) is 21.6. The number of hydrogen-bond acceptors (Lipinski definition) is 5. The van der Waals surface area contributed by atoms with Gasteiger partial charge in [0, 0.05) is 17.5 Å². The van der Waals surface area contributed by atoms with Gasteiger partial charge in [-0.3, -0.25) is 5.01 Å². The zero-order valence-electron chi connectivity index (χ0n) is 15.5. The number of fused-ring (bicyclic) bond motifs is 1. The topological polar surface area (TPSA) is 65.1 Å². The van der Waals surface area contributed by atoms with Crippen molar-refractivity contribution in [2.24, 2.45) is 0 Å². The molecule has 28 heavy (non-hydrogen) atoms. The molecular weight excluding hydrogens is 368 g/mol. The Labute approximate surface area is 167 Å². The predicted molar refractivity (Wildman–Crippen MR) is 114 cm³/mol. The number of anilines is 1. The van der Waals surface area contributed by atoms with Crippen LogP contribution in [0.2, 0.25) is 0 Å². The summed E-state index contributed by atoms with van der Waals surface area (Å²) in [6, 6.07) is 21.4. The van der Waals surface area contributed by atoms with E-state index >= 15 is 0 Å². The highest BCUT2D eigenvalue weighted by atomic mass is 32.2. The number of para-hydroxylation sites is 2. The van der Waals surface area contributed by atoms with Gasteiger partial charge in [-0.2, -0.15) is 5.26 Å². The van der Waals surface area contributed by atoms with Crippen molar-refractivity contribution in [3.8, 4) is 22.9 Å². The molecule has 0 bridgehead atoms. The lowest BCUT2D eigenvalue weighted by Crippen LogP contribution is -2.23. The van der Waals surface area contributed by atoms with Gasteiger partial charge in [0.2, 0.25) is 0 Å². The summed E-state index contributed by atoms with van der Waals surface area (Å²) in [5.74, 6) is 0.243. The molecule has 0 spiro atoms. The van der Waals surface area contributed by atoms with Gasteiger partial charge >= 0.3 is 0 Å². The molecule has 1 heterocycles. The third-order valence-corrected chi connectivity index (χ3v) is 5.51. The fourth-order valence-electron chi connectivity index (χ4n) is 3.22. The van der Waals surface area contributed by atoms with Crippen LogP contribution in [0.3, 0.4) is 0 Å². The number of hydrogen-bond donors (Lipinski definition) is 1. The van der Waals surface area contributed by atoms with Gasteiger partial charge < -0.3 is 5.11 Å². The van der Waals surface area contributed by atoms with Gasteiger partial charge in [0.15, 0.2) is 0 Å². The third-order valence-electron chi connectivity index (χ3n) is 4.75. The third kappa shape index (κ3) is 3.06. The lowest BCUT2D eigenvalue weighted by molar-refractivity contribution is 0.462. The Balaban J connectivity index is 1.82. The fourth-order valence-corrected chi connectivity index (χ4v) is 3.75. The van der Waals surface area contributed by atoms with E-state index in [0.717, 1.165) is 32.7 Å². The molecule has 1 N–H and O–H groups in total. The first-order valence-corrected chi connectivity index (χ1v) is 9.92. The Morgan fingerprint density at radius 3 is 2.71 bits per heavy atom. The lowest BCUT2D eigenvalue weighted by Gasteiger charge is -2.22. The van der Waals surface area contributed by atoms with Gasteiger partial charge in [-0.25, -0.2) is 9.66 Å². The molecule has 0 saturated carbocycles. The lowest BCUT2D eigenvalue weighted by atomic mass is 9.99. The van der Waals surface area contributed by atoms with Crippen LogP contribution in [-0.4, -0.2) is 28.1 Å². The second-order valence-corrected chi connectivity index (χ2v) is 7.18.